The number of likely N-dealkylation sites (tertiary alicyclic amines) is 1. The fraction of sp³-hybridized carbons (Fsp3) is 0.400. The molecule has 2 aromatic carbocycles. The standard InChI is InChI=1S/C35H34F2N7O3Si/c1-21-6-3-7-23-8-4-9-26(28(21)23)30-29(37)31-27(17-39-30)32(42-13-14-44(33(45)22(2)36)24(18-42)10-11-38)41-34(40-31)46-15-5-12-43-20-35(48)16-25(43)19-47-35/h3-4,6-9,17,24-25H,2,5,10,12-16,18-20H2,1H3/t24-,25-,35+/m0/s1. The second-order valence-electron chi connectivity index (χ2n) is 12.7. The molecule has 0 spiro atoms. The summed E-state index contributed by atoms with van der Waals surface area (Å²) in [4.78, 5) is 32.0. The monoisotopic (exact) mass is 666 g/mol. The molecule has 3 fully saturated rings. The van der Waals surface area contributed by atoms with E-state index in [-0.39, 0.29) is 48.5 Å². The van der Waals surface area contributed by atoms with Crippen LogP contribution in [0.5, 0.6) is 6.01 Å². The van der Waals surface area contributed by atoms with Gasteiger partial charge in [-0.1, -0.05) is 43.0 Å². The Kier molecular flexibility index (Phi) is 8.57. The number of aromatic nitrogens is 3. The first-order chi connectivity index (χ1) is 23.2. The highest BCUT2D eigenvalue weighted by Crippen LogP contribution is 2.37. The Morgan fingerprint density at radius 1 is 1.25 bits per heavy atom. The van der Waals surface area contributed by atoms with Gasteiger partial charge in [0.05, 0.1) is 52.6 Å². The molecule has 0 unspecified atom stereocenters. The minimum Gasteiger partial charge on any atom is -0.463 e. The summed E-state index contributed by atoms with van der Waals surface area (Å²) in [5.41, 5.74) is 1.85. The van der Waals surface area contributed by atoms with Crippen LogP contribution in [0.3, 0.4) is 0 Å². The average molecular weight is 667 g/mol. The van der Waals surface area contributed by atoms with E-state index in [0.717, 1.165) is 35.8 Å². The summed E-state index contributed by atoms with van der Waals surface area (Å²) in [6.07, 6.45) is 3.17. The van der Waals surface area contributed by atoms with Crippen molar-refractivity contribution in [3.05, 3.63) is 66.4 Å². The summed E-state index contributed by atoms with van der Waals surface area (Å²) >= 11 is 0. The maximum Gasteiger partial charge on any atom is 0.319 e. The second kappa shape index (κ2) is 12.8. The van der Waals surface area contributed by atoms with Gasteiger partial charge in [-0.3, -0.25) is 14.7 Å². The molecule has 0 N–H and O–H groups in total. The van der Waals surface area contributed by atoms with E-state index in [9.17, 15) is 14.4 Å². The van der Waals surface area contributed by atoms with Crippen molar-refractivity contribution in [1.29, 1.82) is 5.26 Å². The number of aryl methyl sites for hydroxylation is 1. The first-order valence-electron chi connectivity index (χ1n) is 16.0. The second-order valence-corrected chi connectivity index (χ2v) is 13.6. The summed E-state index contributed by atoms with van der Waals surface area (Å²) in [5, 5.41) is 11.5. The lowest BCUT2D eigenvalue weighted by molar-refractivity contribution is -0.131. The summed E-state index contributed by atoms with van der Waals surface area (Å²) in [6, 6.07) is 13.5. The van der Waals surface area contributed by atoms with E-state index in [1.54, 1.807) is 6.20 Å². The summed E-state index contributed by atoms with van der Waals surface area (Å²) in [6.45, 7) is 8.27. The highest BCUT2D eigenvalue weighted by molar-refractivity contribution is 6.15. The van der Waals surface area contributed by atoms with Gasteiger partial charge in [-0.25, -0.2) is 8.78 Å². The third-order valence-electron chi connectivity index (χ3n) is 9.53. The number of benzene rings is 2. The highest BCUT2D eigenvalue weighted by atomic mass is 28.1. The van der Waals surface area contributed by atoms with Crippen LogP contribution < -0.4 is 9.64 Å². The number of halogens is 2. The third kappa shape index (κ3) is 5.89. The van der Waals surface area contributed by atoms with Gasteiger partial charge in [0.15, 0.2) is 11.6 Å². The predicted molar refractivity (Wildman–Crippen MR) is 178 cm³/mol. The maximum absolute atomic E-state index is 16.7. The molecule has 3 saturated heterocycles. The molecule has 5 heterocycles. The van der Waals surface area contributed by atoms with Crippen molar-refractivity contribution in [2.75, 3.05) is 50.8 Å². The Bertz CT molecular complexity index is 1970. The molecule has 245 valence electrons. The first kappa shape index (κ1) is 32.1. The number of hydrogen-bond acceptors (Lipinski definition) is 9. The third-order valence-corrected chi connectivity index (χ3v) is 10.0. The summed E-state index contributed by atoms with van der Waals surface area (Å²) < 4.78 is 42.4. The Morgan fingerprint density at radius 2 is 2.06 bits per heavy atom. The van der Waals surface area contributed by atoms with E-state index < -0.39 is 23.6 Å². The smallest absolute Gasteiger partial charge is 0.319 e. The van der Waals surface area contributed by atoms with E-state index >= 15 is 4.39 Å². The van der Waals surface area contributed by atoms with Crippen molar-refractivity contribution in [1.82, 2.24) is 24.8 Å². The van der Waals surface area contributed by atoms with Crippen LogP contribution in [0.4, 0.5) is 14.6 Å². The zero-order valence-electron chi connectivity index (χ0n) is 26.6. The molecule has 0 aliphatic carbocycles. The van der Waals surface area contributed by atoms with Gasteiger partial charge in [-0.2, -0.15) is 15.2 Å². The van der Waals surface area contributed by atoms with Gasteiger partial charge < -0.3 is 19.3 Å². The van der Waals surface area contributed by atoms with Crippen LogP contribution in [-0.4, -0.2) is 104 Å². The van der Waals surface area contributed by atoms with Crippen molar-refractivity contribution < 1.29 is 23.0 Å². The molecule has 13 heteroatoms. The van der Waals surface area contributed by atoms with E-state index in [1.807, 2.05) is 48.2 Å². The van der Waals surface area contributed by atoms with Gasteiger partial charge in [0.25, 0.3) is 5.91 Å². The molecule has 2 bridgehead atoms. The molecule has 3 aliphatic rings. The van der Waals surface area contributed by atoms with Crippen LogP contribution in [0.1, 0.15) is 24.8 Å². The lowest BCUT2D eigenvalue weighted by Crippen LogP contribution is -2.55. The summed E-state index contributed by atoms with van der Waals surface area (Å²) in [7, 11) is 3.75. The van der Waals surface area contributed by atoms with Crippen LogP contribution in [0, 0.1) is 24.1 Å². The number of nitriles is 1. The average Bonchev–Trinajstić information content (AvgIpc) is 3.62. The number of rotatable bonds is 9. The number of amides is 1. The van der Waals surface area contributed by atoms with Gasteiger partial charge in [-0.15, -0.1) is 0 Å². The number of morpholine rings is 1. The molecule has 48 heavy (non-hydrogen) atoms. The zero-order valence-corrected chi connectivity index (χ0v) is 27.6. The lowest BCUT2D eigenvalue weighted by atomic mass is 9.97. The molecule has 2 aromatic heterocycles. The van der Waals surface area contributed by atoms with Crippen molar-refractivity contribution in [2.45, 2.75) is 43.5 Å². The number of ether oxygens (including phenoxy) is 2. The van der Waals surface area contributed by atoms with Crippen LogP contribution in [0.25, 0.3) is 32.9 Å². The van der Waals surface area contributed by atoms with E-state index in [1.165, 1.54) is 4.90 Å². The lowest BCUT2D eigenvalue weighted by Gasteiger charge is -2.41. The van der Waals surface area contributed by atoms with Gasteiger partial charge >= 0.3 is 6.01 Å². The van der Waals surface area contributed by atoms with E-state index in [2.05, 4.69) is 37.8 Å². The number of nitrogens with zero attached hydrogens (tertiary/aromatic N) is 7. The predicted octanol–water partition coefficient (Wildman–Crippen LogP) is 4.44. The highest BCUT2D eigenvalue weighted by Gasteiger charge is 2.47. The van der Waals surface area contributed by atoms with Crippen molar-refractivity contribution in [3.63, 3.8) is 0 Å². The number of fused-ring (bicyclic) bond motifs is 4. The Morgan fingerprint density at radius 3 is 2.79 bits per heavy atom. The number of pyridine rings is 1. The molecular formula is C35H34F2N7O3Si. The SMILES string of the molecule is C=C(F)C(=O)N1CCN(c2nc(OCCCN3C[C@]4([Si])C[C@H]3CO4)nc3c(F)c(-c4cccc5cccc(C)c45)ncc23)C[C@@H]1CC#N. The molecule has 3 aliphatic heterocycles. The Hall–Kier alpha value is -4.51. The maximum atomic E-state index is 16.7. The molecule has 3 atom stereocenters. The van der Waals surface area contributed by atoms with Crippen LogP contribution in [0.15, 0.2) is 55.0 Å². The molecule has 7 rings (SSSR count). The van der Waals surface area contributed by atoms with Gasteiger partial charge in [0.1, 0.15) is 17.0 Å². The van der Waals surface area contributed by atoms with Crippen LogP contribution >= 0.6 is 0 Å². The molecule has 10 nitrogen and oxygen atoms in total. The van der Waals surface area contributed by atoms with E-state index in [4.69, 9.17) is 14.5 Å². The fourth-order valence-corrected chi connectivity index (χ4v) is 7.76. The zero-order chi connectivity index (χ0) is 33.6. The molecule has 1 amide bonds. The Balaban J connectivity index is 1.24. The van der Waals surface area contributed by atoms with Crippen molar-refractivity contribution in [3.8, 4) is 23.3 Å². The van der Waals surface area contributed by atoms with Crippen molar-refractivity contribution in [2.24, 2.45) is 0 Å². The largest absolute Gasteiger partial charge is 0.463 e. The fourth-order valence-electron chi connectivity index (χ4n) is 7.24. The normalized spacial score (nSPS) is 22.4. The minimum absolute atomic E-state index is 0.0120. The molecule has 4 aromatic rings. The Labute approximate surface area is 280 Å². The van der Waals surface area contributed by atoms with Crippen LogP contribution in [0.2, 0.25) is 0 Å². The van der Waals surface area contributed by atoms with Gasteiger partial charge in [-0.05, 0) is 36.1 Å². The summed E-state index contributed by atoms with van der Waals surface area (Å²) in [5.74, 6) is -2.18. The molecular weight excluding hydrogens is 633 g/mol. The number of carbonyl (C=O) groups is 1. The number of hydrogen-bond donors (Lipinski definition) is 0. The molecule has 3 radical (unpaired) electrons. The number of anilines is 1. The molecule has 0 saturated carbocycles. The number of carbonyl (C=O) groups excluding carboxylic acids is 1. The quantitative estimate of drug-likeness (QED) is 0.146. The number of piperazine rings is 1. The first-order valence-corrected chi connectivity index (χ1v) is 16.5. The van der Waals surface area contributed by atoms with Gasteiger partial charge in [0, 0.05) is 50.5 Å². The van der Waals surface area contributed by atoms with Crippen LogP contribution in [-0.2, 0) is 9.53 Å². The van der Waals surface area contributed by atoms with Gasteiger partial charge in [0.2, 0.25) is 0 Å². The topological polar surface area (TPSA) is 108 Å². The van der Waals surface area contributed by atoms with E-state index in [0.29, 0.717) is 42.4 Å². The minimum atomic E-state index is -1.09. The van der Waals surface area contributed by atoms with Crippen molar-refractivity contribution >= 4 is 43.6 Å².